The summed E-state index contributed by atoms with van der Waals surface area (Å²) in [5, 5.41) is 0. The van der Waals surface area contributed by atoms with Crippen molar-refractivity contribution in [2.24, 2.45) is 0 Å². The second-order valence-corrected chi connectivity index (χ2v) is 4.23. The lowest BCUT2D eigenvalue weighted by Gasteiger charge is -2.14. The van der Waals surface area contributed by atoms with Gasteiger partial charge in [0.15, 0.2) is 6.29 Å². The second-order valence-electron chi connectivity index (χ2n) is 4.23. The van der Waals surface area contributed by atoms with Gasteiger partial charge in [0.05, 0.1) is 5.69 Å². The Morgan fingerprint density at radius 3 is 2.68 bits per heavy atom. The molecule has 0 radical (unpaired) electrons. The first-order chi connectivity index (χ1) is 9.22. The lowest BCUT2D eigenvalue weighted by atomic mass is 10.2. The third-order valence-electron chi connectivity index (χ3n) is 2.91. The van der Waals surface area contributed by atoms with Crippen LogP contribution in [0.15, 0.2) is 48.7 Å². The molecule has 1 unspecified atom stereocenters. The van der Waals surface area contributed by atoms with Gasteiger partial charge in [-0.1, -0.05) is 30.3 Å². The molecule has 0 aliphatic heterocycles. The van der Waals surface area contributed by atoms with Crippen molar-refractivity contribution in [3.05, 3.63) is 59.9 Å². The summed E-state index contributed by atoms with van der Waals surface area (Å²) in [5.41, 5.74) is 1.40. The van der Waals surface area contributed by atoms with E-state index in [9.17, 15) is 9.59 Å². The molecule has 0 N–H and O–H groups in total. The third-order valence-corrected chi connectivity index (χ3v) is 2.91. The fourth-order valence-electron chi connectivity index (χ4n) is 1.82. The Morgan fingerprint density at radius 2 is 2.00 bits per heavy atom. The van der Waals surface area contributed by atoms with Crippen LogP contribution in [0.1, 0.15) is 29.0 Å². The van der Waals surface area contributed by atoms with Gasteiger partial charge in [-0.3, -0.25) is 4.79 Å². The highest BCUT2D eigenvalue weighted by Crippen LogP contribution is 2.13. The average Bonchev–Trinajstić information content (AvgIpc) is 2.93. The minimum atomic E-state index is -0.515. The van der Waals surface area contributed by atoms with E-state index in [0.29, 0.717) is 5.69 Å². The summed E-state index contributed by atoms with van der Waals surface area (Å²) in [6, 6.07) is 12.3. The molecule has 0 saturated carbocycles. The topological polar surface area (TPSA) is 48.3 Å². The fourth-order valence-corrected chi connectivity index (χ4v) is 1.82. The highest BCUT2D eigenvalue weighted by Gasteiger charge is 2.18. The molecule has 0 spiro atoms. The lowest BCUT2D eigenvalue weighted by Crippen LogP contribution is -2.20. The molecular weight excluding hydrogens is 242 g/mol. The van der Waals surface area contributed by atoms with Crippen molar-refractivity contribution >= 4 is 12.3 Å². The van der Waals surface area contributed by atoms with Gasteiger partial charge in [-0.05, 0) is 24.6 Å². The van der Waals surface area contributed by atoms with E-state index in [4.69, 9.17) is 4.74 Å². The quantitative estimate of drug-likeness (QED) is 0.611. The van der Waals surface area contributed by atoms with Crippen LogP contribution in [0, 0.1) is 0 Å². The Morgan fingerprint density at radius 1 is 1.26 bits per heavy atom. The Hall–Kier alpha value is -2.36. The molecule has 0 saturated heterocycles. The van der Waals surface area contributed by atoms with Gasteiger partial charge in [0.2, 0.25) is 0 Å². The predicted molar refractivity (Wildman–Crippen MR) is 70.8 cm³/mol. The Kier molecular flexibility index (Phi) is 4.13. The van der Waals surface area contributed by atoms with Gasteiger partial charge in [0.1, 0.15) is 12.6 Å². The number of hydrogen-bond donors (Lipinski definition) is 0. The number of carbonyl (C=O) groups is 2. The van der Waals surface area contributed by atoms with Crippen molar-refractivity contribution in [3.63, 3.8) is 0 Å². The minimum Gasteiger partial charge on any atom is -0.459 e. The normalized spacial score (nSPS) is 11.8. The molecular formula is C15H15NO3. The molecule has 0 aliphatic carbocycles. The van der Waals surface area contributed by atoms with Crippen LogP contribution in [0.2, 0.25) is 0 Å². The van der Waals surface area contributed by atoms with Crippen LogP contribution < -0.4 is 0 Å². The third kappa shape index (κ3) is 3.10. The van der Waals surface area contributed by atoms with E-state index >= 15 is 0 Å². The maximum absolute atomic E-state index is 11.9. The molecule has 19 heavy (non-hydrogen) atoms. The molecule has 1 aromatic carbocycles. The van der Waals surface area contributed by atoms with E-state index in [0.717, 1.165) is 11.8 Å². The van der Waals surface area contributed by atoms with Crippen molar-refractivity contribution in [1.82, 2.24) is 4.57 Å². The monoisotopic (exact) mass is 257 g/mol. The summed E-state index contributed by atoms with van der Waals surface area (Å²) < 4.78 is 6.84. The van der Waals surface area contributed by atoms with Gasteiger partial charge in [-0.25, -0.2) is 4.79 Å². The smallest absolute Gasteiger partial charge is 0.329 e. The van der Waals surface area contributed by atoms with Gasteiger partial charge < -0.3 is 9.30 Å². The molecule has 1 atom stereocenters. The van der Waals surface area contributed by atoms with Crippen LogP contribution >= 0.6 is 0 Å². The van der Waals surface area contributed by atoms with Crippen molar-refractivity contribution in [1.29, 1.82) is 0 Å². The average molecular weight is 257 g/mol. The molecule has 0 bridgehead atoms. The molecule has 2 aromatic rings. The summed E-state index contributed by atoms with van der Waals surface area (Å²) >= 11 is 0. The van der Waals surface area contributed by atoms with Crippen LogP contribution in [-0.2, 0) is 16.1 Å². The highest BCUT2D eigenvalue weighted by molar-refractivity contribution is 5.77. The molecule has 1 aromatic heterocycles. The molecule has 0 fully saturated rings. The maximum atomic E-state index is 11.9. The van der Waals surface area contributed by atoms with E-state index in [-0.39, 0.29) is 12.6 Å². The summed E-state index contributed by atoms with van der Waals surface area (Å²) in [6.45, 7) is 1.95. The molecule has 4 heteroatoms. The lowest BCUT2D eigenvalue weighted by molar-refractivity contribution is -0.148. The minimum absolute atomic E-state index is 0.238. The molecule has 1 heterocycles. The van der Waals surface area contributed by atoms with E-state index in [2.05, 4.69) is 0 Å². The van der Waals surface area contributed by atoms with E-state index in [1.165, 1.54) is 0 Å². The Bertz CT molecular complexity index is 560. The number of aldehydes is 1. The molecule has 2 rings (SSSR count). The van der Waals surface area contributed by atoms with Crippen molar-refractivity contribution in [3.8, 4) is 0 Å². The predicted octanol–water partition coefficient (Wildman–Crippen LogP) is 2.61. The van der Waals surface area contributed by atoms with Gasteiger partial charge in [-0.15, -0.1) is 0 Å². The zero-order valence-corrected chi connectivity index (χ0v) is 10.7. The van der Waals surface area contributed by atoms with Crippen LogP contribution in [0.3, 0.4) is 0 Å². The second kappa shape index (κ2) is 6.00. The SMILES string of the molecule is CC(C(=O)OCc1ccccc1)n1cccc1C=O. The van der Waals surface area contributed by atoms with Crippen molar-refractivity contribution < 1.29 is 14.3 Å². The van der Waals surface area contributed by atoms with Gasteiger partial charge in [0, 0.05) is 6.20 Å². The van der Waals surface area contributed by atoms with E-state index < -0.39 is 6.04 Å². The summed E-state index contributed by atoms with van der Waals surface area (Å²) in [4.78, 5) is 22.7. The molecule has 4 nitrogen and oxygen atoms in total. The van der Waals surface area contributed by atoms with Crippen molar-refractivity contribution in [2.45, 2.75) is 19.6 Å². The first-order valence-electron chi connectivity index (χ1n) is 6.05. The van der Waals surface area contributed by atoms with E-state index in [1.807, 2.05) is 30.3 Å². The van der Waals surface area contributed by atoms with Crippen LogP contribution in [0.4, 0.5) is 0 Å². The summed E-state index contributed by atoms with van der Waals surface area (Å²) in [6.07, 6.45) is 2.42. The number of esters is 1. The summed E-state index contributed by atoms with van der Waals surface area (Å²) in [7, 11) is 0. The van der Waals surface area contributed by atoms with Crippen LogP contribution in [0.5, 0.6) is 0 Å². The standard InChI is InChI=1S/C15H15NO3/c1-12(16-9-5-8-14(16)10-17)15(18)19-11-13-6-3-2-4-7-13/h2-10,12H,11H2,1H3. The highest BCUT2D eigenvalue weighted by atomic mass is 16.5. The van der Waals surface area contributed by atoms with Crippen LogP contribution in [-0.4, -0.2) is 16.8 Å². The summed E-state index contributed by atoms with van der Waals surface area (Å²) in [5.74, 6) is -0.358. The number of rotatable bonds is 5. The first-order valence-corrected chi connectivity index (χ1v) is 6.05. The van der Waals surface area contributed by atoms with Gasteiger partial charge in [-0.2, -0.15) is 0 Å². The fraction of sp³-hybridized carbons (Fsp3) is 0.200. The molecule has 0 aliphatic rings. The largest absolute Gasteiger partial charge is 0.459 e. The Balaban J connectivity index is 1.98. The van der Waals surface area contributed by atoms with E-state index in [1.54, 1.807) is 29.8 Å². The zero-order chi connectivity index (χ0) is 13.7. The van der Waals surface area contributed by atoms with Crippen molar-refractivity contribution in [2.75, 3.05) is 0 Å². The molecule has 98 valence electrons. The number of nitrogens with zero attached hydrogens (tertiary/aromatic N) is 1. The zero-order valence-electron chi connectivity index (χ0n) is 10.7. The Labute approximate surface area is 111 Å². The first kappa shape index (κ1) is 13.1. The molecule has 0 amide bonds. The van der Waals surface area contributed by atoms with Crippen LogP contribution in [0.25, 0.3) is 0 Å². The van der Waals surface area contributed by atoms with Gasteiger partial charge >= 0.3 is 5.97 Å². The maximum Gasteiger partial charge on any atom is 0.329 e. The number of carbonyl (C=O) groups excluding carboxylic acids is 2. The number of aromatic nitrogens is 1. The number of hydrogen-bond acceptors (Lipinski definition) is 3. The number of benzene rings is 1. The number of ether oxygens (including phenoxy) is 1. The van der Waals surface area contributed by atoms with Gasteiger partial charge in [0.25, 0.3) is 0 Å².